The van der Waals surface area contributed by atoms with E-state index in [1.807, 2.05) is 0 Å². The maximum Gasteiger partial charge on any atom is 0.208 e. The molecule has 1 aliphatic carbocycles. The molecule has 3 aromatic rings. The second kappa shape index (κ2) is 6.52. The second-order valence-electron chi connectivity index (χ2n) is 6.19. The van der Waals surface area contributed by atoms with Crippen LogP contribution < -0.4 is 9.47 Å². The molecule has 1 aliphatic rings. The number of hydrogen-bond acceptors (Lipinski definition) is 4. The van der Waals surface area contributed by atoms with Gasteiger partial charge in [0.2, 0.25) is 11.6 Å². The van der Waals surface area contributed by atoms with Crippen LogP contribution in [-0.2, 0) is 4.74 Å². The summed E-state index contributed by atoms with van der Waals surface area (Å²) in [5.74, 6) is -1.13. The van der Waals surface area contributed by atoms with Crippen LogP contribution in [0.2, 0.25) is 0 Å². The highest BCUT2D eigenvalue weighted by atomic mass is 19.1. The van der Waals surface area contributed by atoms with E-state index in [0.29, 0.717) is 10.8 Å². The first-order valence-electron chi connectivity index (χ1n) is 8.30. The lowest BCUT2D eigenvalue weighted by atomic mass is 10.1. The van der Waals surface area contributed by atoms with Crippen molar-refractivity contribution in [3.05, 3.63) is 35.9 Å². The standard InChI is InChI=1S/C19H18F2O4/c1-22-10-23-14-8-6-12-13-7-9-15(24-11-4-2-3-5-11)17(21)19(13)25-18(12)16(14)20/h6-9,11H,2-5,10H2,1H3. The summed E-state index contributed by atoms with van der Waals surface area (Å²) in [5.41, 5.74) is -0.0474. The number of fused-ring (bicyclic) bond motifs is 3. The van der Waals surface area contributed by atoms with Crippen LogP contribution in [0.1, 0.15) is 25.7 Å². The van der Waals surface area contributed by atoms with Gasteiger partial charge in [0.1, 0.15) is 0 Å². The molecule has 4 nitrogen and oxygen atoms in total. The second-order valence-corrected chi connectivity index (χ2v) is 6.19. The van der Waals surface area contributed by atoms with Crippen LogP contribution in [0, 0.1) is 11.6 Å². The average molecular weight is 348 g/mol. The van der Waals surface area contributed by atoms with Gasteiger partial charge in [-0.3, -0.25) is 0 Å². The van der Waals surface area contributed by atoms with Crippen molar-refractivity contribution in [2.24, 2.45) is 0 Å². The Bertz CT molecular complexity index is 913. The van der Waals surface area contributed by atoms with Gasteiger partial charge in [-0.2, -0.15) is 8.78 Å². The van der Waals surface area contributed by atoms with Gasteiger partial charge in [-0.1, -0.05) is 0 Å². The molecule has 2 aromatic carbocycles. The summed E-state index contributed by atoms with van der Waals surface area (Å²) >= 11 is 0. The summed E-state index contributed by atoms with van der Waals surface area (Å²) < 4.78 is 50.5. The smallest absolute Gasteiger partial charge is 0.208 e. The summed E-state index contributed by atoms with van der Waals surface area (Å²) in [5, 5.41) is 0.993. The zero-order valence-corrected chi connectivity index (χ0v) is 13.8. The average Bonchev–Trinajstić information content (AvgIpc) is 3.25. The topological polar surface area (TPSA) is 40.8 Å². The van der Waals surface area contributed by atoms with Crippen molar-refractivity contribution in [3.8, 4) is 11.5 Å². The molecule has 1 heterocycles. The summed E-state index contributed by atoms with van der Waals surface area (Å²) in [7, 11) is 1.44. The highest BCUT2D eigenvalue weighted by molar-refractivity contribution is 6.06. The van der Waals surface area contributed by atoms with Gasteiger partial charge in [-0.15, -0.1) is 0 Å². The molecule has 1 saturated carbocycles. The molecule has 0 N–H and O–H groups in total. The number of ether oxygens (including phenoxy) is 3. The van der Waals surface area contributed by atoms with Crippen molar-refractivity contribution >= 4 is 21.9 Å². The van der Waals surface area contributed by atoms with E-state index in [2.05, 4.69) is 0 Å². The molecule has 1 fully saturated rings. The summed E-state index contributed by atoms with van der Waals surface area (Å²) in [6.07, 6.45) is 4.06. The van der Waals surface area contributed by atoms with E-state index in [4.69, 9.17) is 18.6 Å². The van der Waals surface area contributed by atoms with Crippen molar-refractivity contribution in [1.29, 1.82) is 0 Å². The minimum Gasteiger partial charge on any atom is -0.487 e. The van der Waals surface area contributed by atoms with Crippen LogP contribution >= 0.6 is 0 Å². The van der Waals surface area contributed by atoms with Crippen molar-refractivity contribution in [1.82, 2.24) is 0 Å². The van der Waals surface area contributed by atoms with Crippen LogP contribution in [0.4, 0.5) is 8.78 Å². The van der Waals surface area contributed by atoms with Gasteiger partial charge < -0.3 is 18.6 Å². The Morgan fingerprint density at radius 1 is 0.960 bits per heavy atom. The largest absolute Gasteiger partial charge is 0.487 e. The van der Waals surface area contributed by atoms with Crippen molar-refractivity contribution in [3.63, 3.8) is 0 Å². The molecule has 132 valence electrons. The van der Waals surface area contributed by atoms with Crippen LogP contribution in [0.5, 0.6) is 11.5 Å². The number of rotatable bonds is 5. The van der Waals surface area contributed by atoms with E-state index in [-0.39, 0.29) is 35.6 Å². The van der Waals surface area contributed by atoms with Crippen molar-refractivity contribution < 1.29 is 27.4 Å². The van der Waals surface area contributed by atoms with Crippen molar-refractivity contribution in [2.45, 2.75) is 31.8 Å². The predicted octanol–water partition coefficient (Wildman–Crippen LogP) is 5.17. The third-order valence-corrected chi connectivity index (χ3v) is 4.55. The fraction of sp³-hybridized carbons (Fsp3) is 0.368. The van der Waals surface area contributed by atoms with E-state index in [0.717, 1.165) is 25.7 Å². The molecule has 0 saturated heterocycles. The molecule has 6 heteroatoms. The monoisotopic (exact) mass is 348 g/mol. The summed E-state index contributed by atoms with van der Waals surface area (Å²) in [6, 6.07) is 6.40. The molecule has 0 unspecified atom stereocenters. The number of methoxy groups -OCH3 is 1. The van der Waals surface area contributed by atoms with Crippen LogP contribution in [0.3, 0.4) is 0 Å². The molecular formula is C19H18F2O4. The lowest BCUT2D eigenvalue weighted by molar-refractivity contribution is 0.0484. The summed E-state index contributed by atoms with van der Waals surface area (Å²) in [4.78, 5) is 0. The van der Waals surface area contributed by atoms with Crippen LogP contribution in [0.15, 0.2) is 28.7 Å². The van der Waals surface area contributed by atoms with E-state index >= 15 is 0 Å². The third-order valence-electron chi connectivity index (χ3n) is 4.55. The molecule has 25 heavy (non-hydrogen) atoms. The fourth-order valence-corrected chi connectivity index (χ4v) is 3.31. The first-order valence-corrected chi connectivity index (χ1v) is 8.30. The van der Waals surface area contributed by atoms with Gasteiger partial charge in [0, 0.05) is 17.9 Å². The maximum atomic E-state index is 14.8. The molecule has 4 rings (SSSR count). The molecule has 0 amide bonds. The molecule has 0 bridgehead atoms. The Morgan fingerprint density at radius 2 is 1.56 bits per heavy atom. The predicted molar refractivity (Wildman–Crippen MR) is 89.0 cm³/mol. The Morgan fingerprint density at radius 3 is 2.20 bits per heavy atom. The third kappa shape index (κ3) is 2.80. The SMILES string of the molecule is COCOc1ccc2c(oc3c(F)c(OC4CCCC4)ccc32)c1F. The molecule has 0 atom stereocenters. The lowest BCUT2D eigenvalue weighted by Crippen LogP contribution is -2.11. The lowest BCUT2D eigenvalue weighted by Gasteiger charge is -2.13. The maximum absolute atomic E-state index is 14.8. The van der Waals surface area contributed by atoms with Crippen LogP contribution in [-0.4, -0.2) is 20.0 Å². The van der Waals surface area contributed by atoms with Gasteiger partial charge in [0.25, 0.3) is 0 Å². The Balaban J connectivity index is 1.78. The Hall–Kier alpha value is -2.34. The quantitative estimate of drug-likeness (QED) is 0.597. The first kappa shape index (κ1) is 16.1. The highest BCUT2D eigenvalue weighted by Crippen LogP contribution is 2.38. The van der Waals surface area contributed by atoms with Crippen molar-refractivity contribution in [2.75, 3.05) is 13.9 Å². The minimum atomic E-state index is -0.677. The zero-order valence-electron chi connectivity index (χ0n) is 13.8. The molecule has 0 aliphatic heterocycles. The van der Waals surface area contributed by atoms with Crippen LogP contribution in [0.25, 0.3) is 21.9 Å². The molecular weight excluding hydrogens is 330 g/mol. The normalized spacial score (nSPS) is 15.3. The molecule has 0 radical (unpaired) electrons. The molecule has 0 spiro atoms. The number of halogens is 2. The first-order chi connectivity index (χ1) is 12.2. The van der Waals surface area contributed by atoms with E-state index in [1.54, 1.807) is 18.2 Å². The Labute approximate surface area is 143 Å². The fourth-order valence-electron chi connectivity index (χ4n) is 3.31. The number of benzene rings is 2. The number of furan rings is 1. The zero-order chi connectivity index (χ0) is 17.4. The number of hydrogen-bond donors (Lipinski definition) is 0. The van der Waals surface area contributed by atoms with E-state index in [1.165, 1.54) is 13.2 Å². The van der Waals surface area contributed by atoms with Gasteiger partial charge in [-0.25, -0.2) is 0 Å². The van der Waals surface area contributed by atoms with E-state index in [9.17, 15) is 8.78 Å². The van der Waals surface area contributed by atoms with E-state index < -0.39 is 11.6 Å². The van der Waals surface area contributed by atoms with Gasteiger partial charge in [0.05, 0.1) is 6.10 Å². The minimum absolute atomic E-state index is 0.00348. The molecule has 1 aromatic heterocycles. The summed E-state index contributed by atoms with van der Waals surface area (Å²) in [6.45, 7) is -0.0869. The van der Waals surface area contributed by atoms with Gasteiger partial charge in [-0.05, 0) is 49.9 Å². The Kier molecular flexibility index (Phi) is 4.21. The highest BCUT2D eigenvalue weighted by Gasteiger charge is 2.23. The van der Waals surface area contributed by atoms with Gasteiger partial charge in [0.15, 0.2) is 29.5 Å². The van der Waals surface area contributed by atoms with Gasteiger partial charge >= 0.3 is 0 Å².